The predicted octanol–water partition coefficient (Wildman–Crippen LogP) is 1.39. The lowest BCUT2D eigenvalue weighted by molar-refractivity contribution is -0.117. The molecule has 1 aliphatic carbocycles. The number of hydrogen-bond acceptors (Lipinski definition) is 1. The van der Waals surface area contributed by atoms with Gasteiger partial charge >= 0.3 is 0 Å². The van der Waals surface area contributed by atoms with Crippen LogP contribution in [0.1, 0.15) is 32.1 Å². The highest BCUT2D eigenvalue weighted by atomic mass is 16.1. The second kappa shape index (κ2) is 4.37. The predicted molar refractivity (Wildman–Crippen MR) is 43.9 cm³/mol. The summed E-state index contributed by atoms with van der Waals surface area (Å²) in [6, 6.07) is 0. The van der Waals surface area contributed by atoms with Gasteiger partial charge in [0.05, 0.1) is 6.92 Å². The lowest BCUT2D eigenvalue weighted by Crippen LogP contribution is -2.28. The average molecular weight is 153 g/mol. The summed E-state index contributed by atoms with van der Waals surface area (Å²) in [5, 5.41) is 2.65. The first-order valence-corrected chi connectivity index (χ1v) is 4.32. The van der Waals surface area contributed by atoms with Crippen molar-refractivity contribution in [2.45, 2.75) is 32.1 Å². The van der Waals surface area contributed by atoms with Gasteiger partial charge in [-0.1, -0.05) is 19.3 Å². The fourth-order valence-electron chi connectivity index (χ4n) is 1.64. The molecule has 0 aromatic rings. The van der Waals surface area contributed by atoms with Crippen LogP contribution in [-0.4, -0.2) is 12.5 Å². The van der Waals surface area contributed by atoms with Crippen molar-refractivity contribution in [1.29, 1.82) is 0 Å². The minimum atomic E-state index is -0.393. The van der Waals surface area contributed by atoms with E-state index >= 15 is 0 Å². The lowest BCUT2D eigenvalue weighted by atomic mass is 9.89. The number of amides is 1. The summed E-state index contributed by atoms with van der Waals surface area (Å²) in [5.74, 6) is 0.284. The average Bonchev–Trinajstić information content (AvgIpc) is 2.03. The molecule has 2 nitrogen and oxygen atoms in total. The van der Waals surface area contributed by atoms with Gasteiger partial charge in [-0.15, -0.1) is 0 Å². The maximum atomic E-state index is 10.4. The number of nitrogens with one attached hydrogen (secondary N) is 1. The Hall–Kier alpha value is -0.530. The Morgan fingerprint density at radius 3 is 2.55 bits per heavy atom. The van der Waals surface area contributed by atoms with Crippen LogP contribution >= 0.6 is 0 Å². The lowest BCUT2D eigenvalue weighted by Gasteiger charge is -2.21. The third-order valence-electron chi connectivity index (χ3n) is 2.29. The van der Waals surface area contributed by atoms with Crippen LogP contribution in [0.4, 0.5) is 0 Å². The largest absolute Gasteiger partial charge is 0.356 e. The topological polar surface area (TPSA) is 29.1 Å². The van der Waals surface area contributed by atoms with E-state index in [-0.39, 0.29) is 0 Å². The Balaban J connectivity index is 2.09. The monoisotopic (exact) mass is 153 g/mol. The first-order chi connectivity index (χ1) is 5.29. The summed E-state index contributed by atoms with van der Waals surface area (Å²) >= 11 is 0. The van der Waals surface area contributed by atoms with Crippen LogP contribution in [-0.2, 0) is 4.79 Å². The highest BCUT2D eigenvalue weighted by Crippen LogP contribution is 2.22. The minimum Gasteiger partial charge on any atom is -0.356 e. The second-order valence-corrected chi connectivity index (χ2v) is 3.25. The van der Waals surface area contributed by atoms with Crippen LogP contribution in [0.3, 0.4) is 0 Å². The Morgan fingerprint density at radius 2 is 2.00 bits per heavy atom. The van der Waals surface area contributed by atoms with Crippen molar-refractivity contribution in [3.05, 3.63) is 6.92 Å². The van der Waals surface area contributed by atoms with E-state index in [0.717, 1.165) is 6.54 Å². The van der Waals surface area contributed by atoms with E-state index in [1.54, 1.807) is 0 Å². The van der Waals surface area contributed by atoms with Gasteiger partial charge < -0.3 is 5.32 Å². The molecule has 1 aliphatic rings. The molecule has 0 atom stereocenters. The zero-order chi connectivity index (χ0) is 8.10. The number of carbonyl (C=O) groups excluding carboxylic acids is 1. The van der Waals surface area contributed by atoms with Gasteiger partial charge in [0.2, 0.25) is 5.91 Å². The van der Waals surface area contributed by atoms with Crippen molar-refractivity contribution < 1.29 is 4.79 Å². The SMILES string of the molecule is [CH]C(=O)NCC1CCCCC1. The summed E-state index contributed by atoms with van der Waals surface area (Å²) in [5.41, 5.74) is 0. The standard InChI is InChI=1S/C9H15NO/c1-8(11)10-7-9-5-3-2-4-6-9/h1,9H,2-7H2,(H,10,11). The fraction of sp³-hybridized carbons (Fsp3) is 0.778. The summed E-state index contributed by atoms with van der Waals surface area (Å²) in [4.78, 5) is 10.4. The van der Waals surface area contributed by atoms with Crippen LogP contribution in [0.2, 0.25) is 0 Å². The van der Waals surface area contributed by atoms with Gasteiger partial charge in [-0.25, -0.2) is 0 Å². The molecule has 1 rings (SSSR count). The van der Waals surface area contributed by atoms with Crippen molar-refractivity contribution in [3.63, 3.8) is 0 Å². The normalized spacial score (nSPS) is 19.7. The van der Waals surface area contributed by atoms with Crippen LogP contribution in [0.5, 0.6) is 0 Å². The van der Waals surface area contributed by atoms with E-state index in [4.69, 9.17) is 6.92 Å². The molecule has 2 radical (unpaired) electrons. The fourth-order valence-corrected chi connectivity index (χ4v) is 1.64. The van der Waals surface area contributed by atoms with Crippen LogP contribution in [0.25, 0.3) is 0 Å². The molecule has 11 heavy (non-hydrogen) atoms. The molecule has 0 spiro atoms. The molecule has 0 unspecified atom stereocenters. The quantitative estimate of drug-likeness (QED) is 0.638. The summed E-state index contributed by atoms with van der Waals surface area (Å²) in [6.07, 6.45) is 6.48. The third-order valence-corrected chi connectivity index (χ3v) is 2.29. The van der Waals surface area contributed by atoms with E-state index in [2.05, 4.69) is 5.32 Å². The molecule has 0 saturated heterocycles. The number of hydrogen-bond donors (Lipinski definition) is 1. The highest BCUT2D eigenvalue weighted by Gasteiger charge is 2.12. The molecular weight excluding hydrogens is 138 g/mol. The molecule has 1 N–H and O–H groups in total. The third kappa shape index (κ3) is 3.40. The molecule has 0 bridgehead atoms. The van der Waals surface area contributed by atoms with Gasteiger partial charge in [0, 0.05) is 6.54 Å². The summed E-state index contributed by atoms with van der Waals surface area (Å²) < 4.78 is 0. The van der Waals surface area contributed by atoms with Crippen molar-refractivity contribution in [1.82, 2.24) is 5.32 Å². The highest BCUT2D eigenvalue weighted by molar-refractivity contribution is 5.79. The molecule has 62 valence electrons. The number of rotatable bonds is 2. The van der Waals surface area contributed by atoms with E-state index < -0.39 is 5.91 Å². The Bertz CT molecular complexity index is 128. The number of carbonyl (C=O) groups is 1. The molecule has 0 aromatic heterocycles. The molecule has 1 amide bonds. The van der Waals surface area contributed by atoms with Crippen LogP contribution in [0, 0.1) is 12.8 Å². The molecule has 1 fully saturated rings. The van der Waals surface area contributed by atoms with Gasteiger partial charge in [-0.2, -0.15) is 0 Å². The molecule has 0 heterocycles. The molecule has 1 saturated carbocycles. The second-order valence-electron chi connectivity index (χ2n) is 3.25. The first-order valence-electron chi connectivity index (χ1n) is 4.32. The van der Waals surface area contributed by atoms with Crippen LogP contribution < -0.4 is 5.32 Å². The van der Waals surface area contributed by atoms with Crippen molar-refractivity contribution >= 4 is 5.91 Å². The molecule has 0 aromatic carbocycles. The molecule has 0 aliphatic heterocycles. The summed E-state index contributed by atoms with van der Waals surface area (Å²) in [7, 11) is 0. The Labute approximate surface area is 68.4 Å². The maximum absolute atomic E-state index is 10.4. The maximum Gasteiger partial charge on any atom is 0.224 e. The van der Waals surface area contributed by atoms with Crippen LogP contribution in [0.15, 0.2) is 0 Å². The van der Waals surface area contributed by atoms with Gasteiger partial charge in [-0.05, 0) is 18.8 Å². The Morgan fingerprint density at radius 1 is 1.36 bits per heavy atom. The van der Waals surface area contributed by atoms with E-state index in [1.807, 2.05) is 0 Å². The molecule has 2 heteroatoms. The smallest absolute Gasteiger partial charge is 0.224 e. The van der Waals surface area contributed by atoms with Crippen molar-refractivity contribution in [2.75, 3.05) is 6.54 Å². The van der Waals surface area contributed by atoms with Crippen molar-refractivity contribution in [3.8, 4) is 0 Å². The van der Waals surface area contributed by atoms with Crippen molar-refractivity contribution in [2.24, 2.45) is 5.92 Å². The Kier molecular flexibility index (Phi) is 3.40. The van der Waals surface area contributed by atoms with E-state index in [1.165, 1.54) is 32.1 Å². The van der Waals surface area contributed by atoms with Gasteiger partial charge in [0.25, 0.3) is 0 Å². The van der Waals surface area contributed by atoms with Gasteiger partial charge in [0.1, 0.15) is 0 Å². The molecular formula is C9H15NO. The zero-order valence-corrected chi connectivity index (χ0v) is 6.81. The van der Waals surface area contributed by atoms with E-state index in [9.17, 15) is 4.79 Å². The minimum absolute atomic E-state index is 0.393. The first kappa shape index (κ1) is 8.57. The van der Waals surface area contributed by atoms with Gasteiger partial charge in [0.15, 0.2) is 0 Å². The zero-order valence-electron chi connectivity index (χ0n) is 6.81. The van der Waals surface area contributed by atoms with E-state index in [0.29, 0.717) is 5.92 Å². The summed E-state index contributed by atoms with van der Waals surface area (Å²) in [6.45, 7) is 5.73. The van der Waals surface area contributed by atoms with Gasteiger partial charge in [-0.3, -0.25) is 4.79 Å².